The van der Waals surface area contributed by atoms with Gasteiger partial charge in [-0.3, -0.25) is 0 Å². The van der Waals surface area contributed by atoms with Crippen LogP contribution in [0.15, 0.2) is 24.3 Å². The molecule has 0 aliphatic carbocycles. The predicted octanol–water partition coefficient (Wildman–Crippen LogP) is 5.33. The van der Waals surface area contributed by atoms with Crippen LogP contribution < -0.4 is 5.32 Å². The molecule has 2 aromatic rings. The van der Waals surface area contributed by atoms with Gasteiger partial charge >= 0.3 is 0 Å². The summed E-state index contributed by atoms with van der Waals surface area (Å²) in [5.74, 6) is -0.393. The third-order valence-corrected chi connectivity index (χ3v) is 4.14. The quantitative estimate of drug-likeness (QED) is 0.803. The fourth-order valence-corrected chi connectivity index (χ4v) is 3.20. The predicted molar refractivity (Wildman–Crippen MR) is 77.2 cm³/mol. The van der Waals surface area contributed by atoms with Crippen LogP contribution in [0.5, 0.6) is 0 Å². The number of aryl methyl sites for hydroxylation is 2. The van der Waals surface area contributed by atoms with Crippen molar-refractivity contribution in [2.75, 3.05) is 5.32 Å². The summed E-state index contributed by atoms with van der Waals surface area (Å²) in [4.78, 5) is 2.53. The Balaban J connectivity index is 2.24. The molecule has 0 spiro atoms. The summed E-state index contributed by atoms with van der Waals surface area (Å²) in [6.07, 6.45) is 0. The second kappa shape index (κ2) is 5.29. The molecule has 18 heavy (non-hydrogen) atoms. The summed E-state index contributed by atoms with van der Waals surface area (Å²) in [6.45, 7) is 6.18. The van der Waals surface area contributed by atoms with E-state index in [0.29, 0.717) is 5.69 Å². The molecule has 2 rings (SSSR count). The molecule has 1 aromatic heterocycles. The Hall–Kier alpha value is -1.06. The van der Waals surface area contributed by atoms with Crippen molar-refractivity contribution in [2.24, 2.45) is 0 Å². The van der Waals surface area contributed by atoms with Crippen LogP contribution >= 0.6 is 22.9 Å². The molecule has 1 nitrogen and oxygen atoms in total. The Morgan fingerprint density at radius 3 is 2.67 bits per heavy atom. The molecule has 0 amide bonds. The van der Waals surface area contributed by atoms with Gasteiger partial charge in [-0.05, 0) is 44.5 Å². The van der Waals surface area contributed by atoms with Crippen LogP contribution in [0.1, 0.15) is 28.3 Å². The van der Waals surface area contributed by atoms with Crippen molar-refractivity contribution >= 4 is 28.6 Å². The molecule has 0 saturated carbocycles. The van der Waals surface area contributed by atoms with Crippen molar-refractivity contribution in [1.29, 1.82) is 0 Å². The third-order valence-electron chi connectivity index (χ3n) is 2.87. The van der Waals surface area contributed by atoms with E-state index in [9.17, 15) is 4.39 Å². The van der Waals surface area contributed by atoms with Crippen LogP contribution in [0.2, 0.25) is 5.02 Å². The Bertz CT molecular complexity index is 565. The van der Waals surface area contributed by atoms with Crippen LogP contribution in [0.25, 0.3) is 0 Å². The van der Waals surface area contributed by atoms with Crippen LogP contribution in [0.4, 0.5) is 10.1 Å². The van der Waals surface area contributed by atoms with Gasteiger partial charge in [-0.1, -0.05) is 17.7 Å². The summed E-state index contributed by atoms with van der Waals surface area (Å²) in [6, 6.07) is 7.19. The standard InChI is InChI=1S/C14H15ClFNS/c1-8-7-11(10(3)18-8)9(2)17-13-6-4-5-12(15)14(13)16/h4-7,9,17H,1-3H3. The van der Waals surface area contributed by atoms with Gasteiger partial charge in [0, 0.05) is 15.8 Å². The minimum Gasteiger partial charge on any atom is -0.376 e. The largest absolute Gasteiger partial charge is 0.376 e. The maximum atomic E-state index is 13.8. The Morgan fingerprint density at radius 1 is 1.33 bits per heavy atom. The smallest absolute Gasteiger partial charge is 0.164 e. The summed E-state index contributed by atoms with van der Waals surface area (Å²) in [5.41, 5.74) is 1.65. The molecular weight excluding hydrogens is 269 g/mol. The summed E-state index contributed by atoms with van der Waals surface area (Å²) >= 11 is 7.52. The first-order chi connectivity index (χ1) is 8.49. The molecule has 0 fully saturated rings. The minimum absolute atomic E-state index is 0.0583. The summed E-state index contributed by atoms with van der Waals surface area (Å²) in [5, 5.41) is 3.31. The molecule has 96 valence electrons. The van der Waals surface area contributed by atoms with Gasteiger partial charge in [-0.2, -0.15) is 0 Å². The molecule has 4 heteroatoms. The first-order valence-corrected chi connectivity index (χ1v) is 6.96. The van der Waals surface area contributed by atoms with Gasteiger partial charge in [0.05, 0.1) is 10.7 Å². The Morgan fingerprint density at radius 2 is 2.06 bits per heavy atom. The highest BCUT2D eigenvalue weighted by Gasteiger charge is 2.13. The molecule has 1 atom stereocenters. The highest BCUT2D eigenvalue weighted by molar-refractivity contribution is 7.12. The topological polar surface area (TPSA) is 12.0 Å². The third kappa shape index (κ3) is 2.68. The zero-order valence-corrected chi connectivity index (χ0v) is 12.1. The number of anilines is 1. The lowest BCUT2D eigenvalue weighted by molar-refractivity contribution is 0.628. The van der Waals surface area contributed by atoms with Gasteiger partial charge < -0.3 is 5.32 Å². The van der Waals surface area contributed by atoms with Gasteiger partial charge in [0.2, 0.25) is 0 Å². The highest BCUT2D eigenvalue weighted by atomic mass is 35.5. The highest BCUT2D eigenvalue weighted by Crippen LogP contribution is 2.30. The van der Waals surface area contributed by atoms with Crippen molar-refractivity contribution in [2.45, 2.75) is 26.8 Å². The monoisotopic (exact) mass is 283 g/mol. The van der Waals surface area contributed by atoms with Gasteiger partial charge in [-0.15, -0.1) is 11.3 Å². The number of benzene rings is 1. The fraction of sp³-hybridized carbons (Fsp3) is 0.286. The van der Waals surface area contributed by atoms with Gasteiger partial charge in [0.1, 0.15) is 0 Å². The lowest BCUT2D eigenvalue weighted by atomic mass is 10.1. The van der Waals surface area contributed by atoms with E-state index < -0.39 is 5.82 Å². The number of hydrogen-bond donors (Lipinski definition) is 1. The number of rotatable bonds is 3. The lowest BCUT2D eigenvalue weighted by Crippen LogP contribution is -2.08. The summed E-state index contributed by atoms with van der Waals surface area (Å²) in [7, 11) is 0. The Kier molecular flexibility index (Phi) is 3.93. The normalized spacial score (nSPS) is 12.5. The molecule has 0 aliphatic rings. The number of nitrogens with one attached hydrogen (secondary N) is 1. The van der Waals surface area contributed by atoms with Crippen molar-refractivity contribution < 1.29 is 4.39 Å². The van der Waals surface area contributed by atoms with Gasteiger partial charge in [0.25, 0.3) is 0 Å². The fourth-order valence-electron chi connectivity index (χ4n) is 2.01. The van der Waals surface area contributed by atoms with Crippen LogP contribution in [-0.2, 0) is 0 Å². The van der Waals surface area contributed by atoms with E-state index in [1.54, 1.807) is 29.5 Å². The SMILES string of the molecule is Cc1cc(C(C)Nc2cccc(Cl)c2F)c(C)s1. The summed E-state index contributed by atoms with van der Waals surface area (Å²) < 4.78 is 13.8. The molecule has 1 unspecified atom stereocenters. The van der Waals surface area contributed by atoms with Crippen molar-refractivity contribution in [3.8, 4) is 0 Å². The Labute approximate surface area is 116 Å². The van der Waals surface area contributed by atoms with Crippen LogP contribution in [0, 0.1) is 19.7 Å². The van der Waals surface area contributed by atoms with Crippen molar-refractivity contribution in [3.05, 3.63) is 50.4 Å². The van der Waals surface area contributed by atoms with E-state index in [-0.39, 0.29) is 11.1 Å². The van der Waals surface area contributed by atoms with E-state index in [4.69, 9.17) is 11.6 Å². The molecule has 1 heterocycles. The molecular formula is C14H15ClFNS. The number of halogens is 2. The van der Waals surface area contributed by atoms with Crippen molar-refractivity contribution in [3.63, 3.8) is 0 Å². The second-order valence-corrected chi connectivity index (χ2v) is 6.20. The molecule has 0 bridgehead atoms. The number of hydrogen-bond acceptors (Lipinski definition) is 2. The zero-order valence-electron chi connectivity index (χ0n) is 10.6. The number of thiophene rings is 1. The van der Waals surface area contributed by atoms with Gasteiger partial charge in [0.15, 0.2) is 5.82 Å². The molecule has 0 radical (unpaired) electrons. The molecule has 1 N–H and O–H groups in total. The average Bonchev–Trinajstić information content (AvgIpc) is 2.64. The zero-order chi connectivity index (χ0) is 13.3. The van der Waals surface area contributed by atoms with E-state index in [1.165, 1.54) is 15.3 Å². The molecule has 0 saturated heterocycles. The molecule has 1 aromatic carbocycles. The van der Waals surface area contributed by atoms with E-state index in [2.05, 4.69) is 25.2 Å². The maximum Gasteiger partial charge on any atom is 0.164 e. The first kappa shape index (κ1) is 13.4. The lowest BCUT2D eigenvalue weighted by Gasteiger charge is -2.16. The average molecular weight is 284 g/mol. The minimum atomic E-state index is -0.393. The van der Waals surface area contributed by atoms with Crippen LogP contribution in [0.3, 0.4) is 0 Å². The maximum absolute atomic E-state index is 13.8. The van der Waals surface area contributed by atoms with Crippen molar-refractivity contribution in [1.82, 2.24) is 0 Å². The van der Waals surface area contributed by atoms with E-state index >= 15 is 0 Å². The van der Waals surface area contributed by atoms with E-state index in [1.807, 2.05) is 6.92 Å². The van der Waals surface area contributed by atoms with E-state index in [0.717, 1.165) is 0 Å². The second-order valence-electron chi connectivity index (χ2n) is 4.34. The first-order valence-electron chi connectivity index (χ1n) is 5.76. The molecule has 0 aliphatic heterocycles. The van der Waals surface area contributed by atoms with Crippen LogP contribution in [-0.4, -0.2) is 0 Å². The van der Waals surface area contributed by atoms with Gasteiger partial charge in [-0.25, -0.2) is 4.39 Å².